The van der Waals surface area contributed by atoms with Crippen molar-refractivity contribution in [1.82, 2.24) is 5.06 Å². The van der Waals surface area contributed by atoms with E-state index >= 15 is 0 Å². The van der Waals surface area contributed by atoms with Gasteiger partial charge in [-0.3, -0.25) is 0 Å². The minimum absolute atomic E-state index is 0.0789. The summed E-state index contributed by atoms with van der Waals surface area (Å²) in [5, 5.41) is 10.9. The maximum absolute atomic E-state index is 9.32. The Bertz CT molecular complexity index is 1340. The molecule has 3 atom stereocenters. The number of fused-ring (bicyclic) bond motifs is 3. The highest BCUT2D eigenvalue weighted by molar-refractivity contribution is 5.79. The first-order valence-corrected chi connectivity index (χ1v) is 11.7. The van der Waals surface area contributed by atoms with Crippen LogP contribution >= 0.6 is 0 Å². The first-order valence-electron chi connectivity index (χ1n) is 11.7. The first-order chi connectivity index (χ1) is 16.6. The molecule has 0 radical (unpaired) electrons. The van der Waals surface area contributed by atoms with Gasteiger partial charge in [0.2, 0.25) is 11.7 Å². The van der Waals surface area contributed by atoms with E-state index in [2.05, 4.69) is 36.4 Å². The molecule has 0 fully saturated rings. The van der Waals surface area contributed by atoms with E-state index in [-0.39, 0.29) is 12.0 Å². The fourth-order valence-corrected chi connectivity index (χ4v) is 5.62. The average molecular weight is 451 g/mol. The second kappa shape index (κ2) is 7.89. The Hall–Kier alpha value is -3.82. The number of nitriles is 1. The van der Waals surface area contributed by atoms with Crippen LogP contribution in [0.15, 0.2) is 71.7 Å². The van der Waals surface area contributed by atoms with Gasteiger partial charge in [-0.2, -0.15) is 5.26 Å². The number of nitrogens with zero attached hydrogens (tertiary/aromatic N) is 3. The number of aryl methyl sites for hydroxylation is 1. The fraction of sp³-hybridized carbons (Fsp3) is 0.286. The molecular weight excluding hydrogens is 424 g/mol. The third-order valence-electron chi connectivity index (χ3n) is 7.25. The SMILES string of the molecule is CN1O[C@@]2(C[C@H](C3CCCc4ccccc43)Oc3ccc(-c4cccc(C#N)c4)cc32)N=C1N. The third-order valence-corrected chi connectivity index (χ3v) is 7.25. The normalized spacial score (nSPS) is 25.2. The maximum Gasteiger partial charge on any atom is 0.221 e. The quantitative estimate of drug-likeness (QED) is 0.604. The standard InChI is InChI=1S/C28H26N4O2/c1-32-27(30)31-28(34-32)16-26(23-11-5-8-19-7-2-3-10-22(19)23)33-25-13-12-21(15-24(25)28)20-9-4-6-18(14-20)17-29/h2-4,6-7,9-10,12-15,23,26H,5,8,11,16H2,1H3,(H2,30,31)/t23?,26-,28-/m1/s1. The van der Waals surface area contributed by atoms with Gasteiger partial charge in [-0.25, -0.2) is 14.9 Å². The molecule has 0 bridgehead atoms. The summed E-state index contributed by atoms with van der Waals surface area (Å²) in [4.78, 5) is 11.2. The van der Waals surface area contributed by atoms with Gasteiger partial charge in [0.1, 0.15) is 11.9 Å². The molecule has 2 aliphatic heterocycles. The van der Waals surface area contributed by atoms with Crippen molar-refractivity contribution in [2.45, 2.75) is 43.4 Å². The zero-order chi connectivity index (χ0) is 23.3. The van der Waals surface area contributed by atoms with E-state index in [0.29, 0.717) is 17.9 Å². The minimum Gasteiger partial charge on any atom is -0.489 e. The van der Waals surface area contributed by atoms with Gasteiger partial charge in [0.05, 0.1) is 17.2 Å². The summed E-state index contributed by atoms with van der Waals surface area (Å²) in [6, 6.07) is 24.6. The Balaban J connectivity index is 1.44. The van der Waals surface area contributed by atoms with Gasteiger partial charge >= 0.3 is 0 Å². The summed E-state index contributed by atoms with van der Waals surface area (Å²) < 4.78 is 6.66. The summed E-state index contributed by atoms with van der Waals surface area (Å²) in [6.45, 7) is 0. The lowest BCUT2D eigenvalue weighted by atomic mass is 9.76. The monoisotopic (exact) mass is 450 g/mol. The highest BCUT2D eigenvalue weighted by atomic mass is 16.7. The number of guanidine groups is 1. The molecule has 3 aliphatic rings. The first kappa shape index (κ1) is 20.8. The van der Waals surface area contributed by atoms with Crippen LogP contribution in [0, 0.1) is 11.3 Å². The lowest BCUT2D eigenvalue weighted by Crippen LogP contribution is -2.42. The molecule has 3 aromatic carbocycles. The Morgan fingerprint density at radius 3 is 2.76 bits per heavy atom. The van der Waals surface area contributed by atoms with Crippen molar-refractivity contribution in [2.75, 3.05) is 7.05 Å². The second-order valence-electron chi connectivity index (χ2n) is 9.30. The molecule has 1 unspecified atom stereocenters. The van der Waals surface area contributed by atoms with Crippen molar-refractivity contribution in [1.29, 1.82) is 5.26 Å². The molecule has 1 spiro atoms. The van der Waals surface area contributed by atoms with Crippen LogP contribution in [-0.4, -0.2) is 24.2 Å². The molecule has 34 heavy (non-hydrogen) atoms. The number of hydroxylamine groups is 2. The van der Waals surface area contributed by atoms with Crippen molar-refractivity contribution in [3.8, 4) is 22.9 Å². The van der Waals surface area contributed by atoms with Crippen LogP contribution in [0.4, 0.5) is 0 Å². The Morgan fingerprint density at radius 2 is 1.94 bits per heavy atom. The topological polar surface area (TPSA) is 83.9 Å². The molecule has 2 N–H and O–H groups in total. The predicted octanol–water partition coefficient (Wildman–Crippen LogP) is 4.84. The number of rotatable bonds is 2. The summed E-state index contributed by atoms with van der Waals surface area (Å²) >= 11 is 0. The summed E-state index contributed by atoms with van der Waals surface area (Å²) in [7, 11) is 1.79. The minimum atomic E-state index is -0.938. The van der Waals surface area contributed by atoms with Gasteiger partial charge in [0.25, 0.3) is 0 Å². The van der Waals surface area contributed by atoms with E-state index in [9.17, 15) is 5.26 Å². The smallest absolute Gasteiger partial charge is 0.221 e. The molecule has 0 aromatic heterocycles. The van der Waals surface area contributed by atoms with Gasteiger partial charge in [-0.15, -0.1) is 0 Å². The van der Waals surface area contributed by atoms with Crippen molar-refractivity contribution in [3.63, 3.8) is 0 Å². The summed E-state index contributed by atoms with van der Waals surface area (Å²) in [6.07, 6.45) is 3.82. The van der Waals surface area contributed by atoms with E-state index in [4.69, 9.17) is 20.3 Å². The molecular formula is C28H26N4O2. The van der Waals surface area contributed by atoms with Crippen LogP contribution < -0.4 is 10.5 Å². The van der Waals surface area contributed by atoms with E-state index in [1.165, 1.54) is 11.1 Å². The Morgan fingerprint density at radius 1 is 1.09 bits per heavy atom. The second-order valence-corrected chi connectivity index (χ2v) is 9.30. The van der Waals surface area contributed by atoms with Gasteiger partial charge in [0, 0.05) is 19.4 Å². The molecule has 0 amide bonds. The Kier molecular flexibility index (Phi) is 4.82. The van der Waals surface area contributed by atoms with Crippen molar-refractivity contribution >= 4 is 5.96 Å². The fourth-order valence-electron chi connectivity index (χ4n) is 5.62. The molecule has 0 saturated heterocycles. The van der Waals surface area contributed by atoms with Gasteiger partial charge in [-0.1, -0.05) is 42.5 Å². The maximum atomic E-state index is 9.32. The van der Waals surface area contributed by atoms with Crippen molar-refractivity contribution in [3.05, 3.63) is 89.0 Å². The zero-order valence-corrected chi connectivity index (χ0v) is 19.1. The molecule has 170 valence electrons. The Labute approximate surface area is 199 Å². The van der Waals surface area contributed by atoms with Crippen LogP contribution in [0.1, 0.15) is 47.4 Å². The number of aliphatic imine (C=N–C) groups is 1. The third kappa shape index (κ3) is 3.32. The number of hydrogen-bond acceptors (Lipinski definition) is 6. The number of nitrogens with two attached hydrogens (primary N) is 1. The largest absolute Gasteiger partial charge is 0.489 e. The van der Waals surface area contributed by atoms with Crippen LogP contribution in [0.25, 0.3) is 11.1 Å². The molecule has 3 aromatic rings. The molecule has 6 rings (SSSR count). The highest BCUT2D eigenvalue weighted by Crippen LogP contribution is 2.50. The van der Waals surface area contributed by atoms with E-state index < -0.39 is 5.72 Å². The summed E-state index contributed by atoms with van der Waals surface area (Å²) in [5.74, 6) is 1.40. The number of ether oxygens (including phenoxy) is 1. The molecule has 1 aliphatic carbocycles. The van der Waals surface area contributed by atoms with E-state index in [0.717, 1.165) is 41.7 Å². The summed E-state index contributed by atoms with van der Waals surface area (Å²) in [5.41, 5.74) is 11.5. The van der Waals surface area contributed by atoms with Crippen LogP contribution in [0.2, 0.25) is 0 Å². The zero-order valence-electron chi connectivity index (χ0n) is 19.1. The molecule has 2 heterocycles. The van der Waals surface area contributed by atoms with E-state index in [1.54, 1.807) is 18.2 Å². The van der Waals surface area contributed by atoms with Crippen LogP contribution in [-0.2, 0) is 17.0 Å². The lowest BCUT2D eigenvalue weighted by Gasteiger charge is -2.41. The molecule has 0 saturated carbocycles. The van der Waals surface area contributed by atoms with Crippen LogP contribution in [0.3, 0.4) is 0 Å². The van der Waals surface area contributed by atoms with E-state index in [1.807, 2.05) is 30.3 Å². The van der Waals surface area contributed by atoms with Gasteiger partial charge in [-0.05, 0) is 65.8 Å². The highest BCUT2D eigenvalue weighted by Gasteiger charge is 2.50. The average Bonchev–Trinajstić information content (AvgIpc) is 3.16. The molecule has 6 heteroatoms. The lowest BCUT2D eigenvalue weighted by molar-refractivity contribution is -0.192. The number of benzene rings is 3. The predicted molar refractivity (Wildman–Crippen MR) is 130 cm³/mol. The molecule has 6 nitrogen and oxygen atoms in total. The van der Waals surface area contributed by atoms with Gasteiger partial charge in [0.15, 0.2) is 0 Å². The van der Waals surface area contributed by atoms with Crippen molar-refractivity contribution < 1.29 is 9.57 Å². The van der Waals surface area contributed by atoms with Crippen molar-refractivity contribution in [2.24, 2.45) is 10.7 Å². The van der Waals surface area contributed by atoms with Gasteiger partial charge < -0.3 is 10.5 Å². The number of hydrogen-bond donors (Lipinski definition) is 1. The van der Waals surface area contributed by atoms with Crippen LogP contribution in [0.5, 0.6) is 5.75 Å².